The molecule has 1 aliphatic heterocycles. The Morgan fingerprint density at radius 3 is 2.61 bits per heavy atom. The molecule has 0 unspecified atom stereocenters. The molecule has 0 atom stereocenters. The minimum atomic E-state index is -1.08. The molecule has 182 valence electrons. The summed E-state index contributed by atoms with van der Waals surface area (Å²) in [6.45, 7) is 0.899. The molecule has 0 bridgehead atoms. The van der Waals surface area contributed by atoms with Gasteiger partial charge in [0, 0.05) is 22.4 Å². The van der Waals surface area contributed by atoms with E-state index in [-0.39, 0.29) is 11.3 Å². The van der Waals surface area contributed by atoms with Gasteiger partial charge in [-0.25, -0.2) is 9.78 Å². The highest BCUT2D eigenvalue weighted by molar-refractivity contribution is 6.31. The third-order valence-corrected chi connectivity index (χ3v) is 6.48. The maximum Gasteiger partial charge on any atom is 0.336 e. The van der Waals surface area contributed by atoms with E-state index in [2.05, 4.69) is 4.98 Å². The van der Waals surface area contributed by atoms with Crippen molar-refractivity contribution in [2.24, 2.45) is 0 Å². The number of halogens is 1. The number of carboxylic acid groups (broad SMARTS) is 1. The number of aryl methyl sites for hydroxylation is 1. The zero-order valence-corrected chi connectivity index (χ0v) is 20.1. The van der Waals surface area contributed by atoms with E-state index in [9.17, 15) is 15.0 Å². The van der Waals surface area contributed by atoms with Gasteiger partial charge in [0.2, 0.25) is 0 Å². The van der Waals surface area contributed by atoms with E-state index in [1.54, 1.807) is 6.07 Å². The van der Waals surface area contributed by atoms with Crippen molar-refractivity contribution >= 4 is 40.6 Å². The first kappa shape index (κ1) is 24.0. The van der Waals surface area contributed by atoms with Gasteiger partial charge >= 0.3 is 5.97 Å². The van der Waals surface area contributed by atoms with Crippen molar-refractivity contribution in [3.63, 3.8) is 0 Å². The lowest BCUT2D eigenvalue weighted by atomic mass is 9.94. The van der Waals surface area contributed by atoms with E-state index < -0.39 is 11.8 Å². The number of aromatic carboxylic acids is 1. The van der Waals surface area contributed by atoms with Crippen molar-refractivity contribution < 1.29 is 24.5 Å². The minimum absolute atomic E-state index is 0.0732. The van der Waals surface area contributed by atoms with Crippen LogP contribution in [0.2, 0.25) is 5.02 Å². The summed E-state index contributed by atoms with van der Waals surface area (Å²) in [6.07, 6.45) is 4.76. The summed E-state index contributed by atoms with van der Waals surface area (Å²) in [5.41, 5.74) is 4.14. The van der Waals surface area contributed by atoms with Gasteiger partial charge in [-0.15, -0.1) is 0 Å². The van der Waals surface area contributed by atoms with E-state index >= 15 is 0 Å². The summed E-state index contributed by atoms with van der Waals surface area (Å²) in [5, 5.41) is 20.9. The Kier molecular flexibility index (Phi) is 6.74. The van der Waals surface area contributed by atoms with Crippen LogP contribution in [0.3, 0.4) is 0 Å². The summed E-state index contributed by atoms with van der Waals surface area (Å²) in [5.74, 6) is -2.14. The van der Waals surface area contributed by atoms with E-state index in [1.807, 2.05) is 66.7 Å². The number of nitrogens with zero attached hydrogens (tertiary/aromatic N) is 1. The molecule has 2 heterocycles. The molecule has 3 aromatic carbocycles. The Labute approximate surface area is 213 Å². The number of aromatic hydroxyl groups is 1. The van der Waals surface area contributed by atoms with Crippen molar-refractivity contribution in [3.8, 4) is 5.75 Å². The van der Waals surface area contributed by atoms with Crippen LogP contribution in [0, 0.1) is 0 Å². The first-order chi connectivity index (χ1) is 17.4. The molecule has 7 heteroatoms. The van der Waals surface area contributed by atoms with E-state index in [0.29, 0.717) is 36.6 Å². The molecule has 36 heavy (non-hydrogen) atoms. The smallest absolute Gasteiger partial charge is 0.336 e. The first-order valence-corrected chi connectivity index (χ1v) is 12.0. The lowest BCUT2D eigenvalue weighted by molar-refractivity contribution is -0.170. The molecule has 0 amide bonds. The standard InChI is InChI=1S/C29H24ClNO5/c30-23-8-5-21-6-10-24(31-27(21)17-23)9-4-19-2-1-3-22(16-19)29(35-14-15-36-29)13-12-20-7-11-25(32)18-26(20)28(33)34/h1-11,16-18,32H,12-15H2,(H,33,34)/b9-4+. The second-order valence-electron chi connectivity index (χ2n) is 8.63. The Balaban J connectivity index is 1.39. The third-order valence-electron chi connectivity index (χ3n) is 6.25. The number of rotatable bonds is 7. The Morgan fingerprint density at radius 2 is 1.81 bits per heavy atom. The topological polar surface area (TPSA) is 88.9 Å². The van der Waals surface area contributed by atoms with Crippen molar-refractivity contribution in [3.05, 3.63) is 106 Å². The summed E-state index contributed by atoms with van der Waals surface area (Å²) < 4.78 is 12.2. The van der Waals surface area contributed by atoms with Crippen LogP contribution in [0.5, 0.6) is 5.75 Å². The predicted molar refractivity (Wildman–Crippen MR) is 139 cm³/mol. The van der Waals surface area contributed by atoms with Crippen LogP contribution >= 0.6 is 11.6 Å². The Bertz CT molecular complexity index is 1460. The Hall–Kier alpha value is -3.71. The molecule has 0 aliphatic carbocycles. The lowest BCUT2D eigenvalue weighted by Gasteiger charge is -2.28. The zero-order valence-electron chi connectivity index (χ0n) is 19.4. The highest BCUT2D eigenvalue weighted by atomic mass is 35.5. The van der Waals surface area contributed by atoms with Crippen LogP contribution in [0.1, 0.15) is 39.2 Å². The average molecular weight is 502 g/mol. The maximum absolute atomic E-state index is 11.6. The van der Waals surface area contributed by atoms with Gasteiger partial charge in [-0.3, -0.25) is 0 Å². The number of phenolic OH excluding ortho intramolecular Hbond substituents is 1. The maximum atomic E-state index is 11.6. The second kappa shape index (κ2) is 10.1. The summed E-state index contributed by atoms with van der Waals surface area (Å²) in [7, 11) is 0. The molecular weight excluding hydrogens is 478 g/mol. The Morgan fingerprint density at radius 1 is 1.00 bits per heavy atom. The molecule has 1 saturated heterocycles. The van der Waals surface area contributed by atoms with E-state index in [4.69, 9.17) is 21.1 Å². The number of carbonyl (C=O) groups is 1. The number of fused-ring (bicyclic) bond motifs is 1. The predicted octanol–water partition coefficient (Wildman–Crippen LogP) is 6.29. The number of aromatic nitrogens is 1. The molecule has 0 saturated carbocycles. The summed E-state index contributed by atoms with van der Waals surface area (Å²) in [6, 6.07) is 21.9. The number of carboxylic acids is 1. The molecule has 5 rings (SSSR count). The quantitative estimate of drug-likeness (QED) is 0.309. The first-order valence-electron chi connectivity index (χ1n) is 11.6. The van der Waals surface area contributed by atoms with Crippen LogP contribution in [0.15, 0.2) is 72.8 Å². The lowest BCUT2D eigenvalue weighted by Crippen LogP contribution is -2.28. The number of pyridine rings is 1. The fourth-order valence-electron chi connectivity index (χ4n) is 4.45. The van der Waals surface area contributed by atoms with Gasteiger partial charge < -0.3 is 19.7 Å². The van der Waals surface area contributed by atoms with Gasteiger partial charge in [0.15, 0.2) is 5.79 Å². The highest BCUT2D eigenvalue weighted by Gasteiger charge is 2.38. The van der Waals surface area contributed by atoms with Crippen molar-refractivity contribution in [2.75, 3.05) is 13.2 Å². The monoisotopic (exact) mass is 501 g/mol. The number of hydrogen-bond donors (Lipinski definition) is 2. The van der Waals surface area contributed by atoms with Crippen LogP contribution < -0.4 is 0 Å². The molecule has 1 aromatic heterocycles. The van der Waals surface area contributed by atoms with Crippen molar-refractivity contribution in [2.45, 2.75) is 18.6 Å². The third kappa shape index (κ3) is 5.11. The molecule has 0 spiro atoms. The van der Waals surface area contributed by atoms with E-state index in [1.165, 1.54) is 12.1 Å². The number of ether oxygens (including phenoxy) is 2. The highest BCUT2D eigenvalue weighted by Crippen LogP contribution is 2.37. The van der Waals surface area contributed by atoms with Gasteiger partial charge in [-0.1, -0.05) is 54.1 Å². The molecular formula is C29H24ClNO5. The van der Waals surface area contributed by atoms with Gasteiger partial charge in [0.1, 0.15) is 5.75 Å². The van der Waals surface area contributed by atoms with Crippen LogP contribution in [0.25, 0.3) is 23.1 Å². The van der Waals surface area contributed by atoms with Gasteiger partial charge in [-0.05, 0) is 60.0 Å². The van der Waals surface area contributed by atoms with Gasteiger partial charge in [0.05, 0.1) is 30.0 Å². The summed E-state index contributed by atoms with van der Waals surface area (Å²) in [4.78, 5) is 16.3. The van der Waals surface area contributed by atoms with Gasteiger partial charge in [0.25, 0.3) is 0 Å². The van der Waals surface area contributed by atoms with Crippen molar-refractivity contribution in [1.82, 2.24) is 4.98 Å². The molecule has 6 nitrogen and oxygen atoms in total. The van der Waals surface area contributed by atoms with Crippen molar-refractivity contribution in [1.29, 1.82) is 0 Å². The number of hydrogen-bond acceptors (Lipinski definition) is 5. The normalized spacial score (nSPS) is 15.0. The fraction of sp³-hybridized carbons (Fsp3) is 0.172. The molecule has 4 aromatic rings. The number of phenols is 1. The molecule has 0 radical (unpaired) electrons. The zero-order chi connectivity index (χ0) is 25.1. The molecule has 1 fully saturated rings. The largest absolute Gasteiger partial charge is 0.508 e. The van der Waals surface area contributed by atoms with Crippen LogP contribution in [-0.4, -0.2) is 34.4 Å². The summed E-state index contributed by atoms with van der Waals surface area (Å²) >= 11 is 6.11. The van der Waals surface area contributed by atoms with Crippen LogP contribution in [-0.2, 0) is 21.7 Å². The average Bonchev–Trinajstić information content (AvgIpc) is 3.37. The van der Waals surface area contributed by atoms with E-state index in [0.717, 1.165) is 27.7 Å². The molecule has 2 N–H and O–H groups in total. The second-order valence-corrected chi connectivity index (χ2v) is 9.06. The minimum Gasteiger partial charge on any atom is -0.508 e. The van der Waals surface area contributed by atoms with Gasteiger partial charge in [-0.2, -0.15) is 0 Å². The number of benzene rings is 3. The fourth-order valence-corrected chi connectivity index (χ4v) is 4.62. The SMILES string of the molecule is O=C(O)c1cc(O)ccc1CCC1(c2cccc(/C=C/c3ccc4ccc(Cl)cc4n3)c2)OCCO1. The van der Waals surface area contributed by atoms with Crippen LogP contribution in [0.4, 0.5) is 0 Å². The molecule has 1 aliphatic rings.